The summed E-state index contributed by atoms with van der Waals surface area (Å²) in [6.07, 6.45) is 1.67. The molecule has 2 aromatic carbocycles. The highest BCUT2D eigenvalue weighted by Gasteiger charge is 2.30. The Morgan fingerprint density at radius 2 is 1.76 bits per heavy atom. The van der Waals surface area contributed by atoms with Gasteiger partial charge in [-0.25, -0.2) is 12.8 Å². The molecule has 0 spiro atoms. The molecule has 0 bridgehead atoms. The van der Waals surface area contributed by atoms with E-state index in [-0.39, 0.29) is 24.2 Å². The van der Waals surface area contributed by atoms with Gasteiger partial charge in [0.05, 0.1) is 11.9 Å². The number of nitrogens with zero attached hydrogens (tertiary/aromatic N) is 2. The van der Waals surface area contributed by atoms with Gasteiger partial charge in [0.25, 0.3) is 0 Å². The highest BCUT2D eigenvalue weighted by molar-refractivity contribution is 9.10. The number of carbonyl (C=O) groups is 2. The van der Waals surface area contributed by atoms with Crippen LogP contribution in [0.25, 0.3) is 0 Å². The van der Waals surface area contributed by atoms with Crippen molar-refractivity contribution in [2.24, 2.45) is 0 Å². The first-order chi connectivity index (χ1) is 15.4. The van der Waals surface area contributed by atoms with Gasteiger partial charge in [-0.3, -0.25) is 13.9 Å². The number of anilines is 1. The lowest BCUT2D eigenvalue weighted by Crippen LogP contribution is -2.52. The summed E-state index contributed by atoms with van der Waals surface area (Å²) in [4.78, 5) is 27.5. The minimum Gasteiger partial charge on any atom is -0.352 e. The molecule has 0 saturated heterocycles. The summed E-state index contributed by atoms with van der Waals surface area (Å²) >= 11 is 3.37. The van der Waals surface area contributed by atoms with Gasteiger partial charge in [0, 0.05) is 17.1 Å². The number of hydrogen-bond acceptors (Lipinski definition) is 4. The first-order valence-corrected chi connectivity index (χ1v) is 13.1. The van der Waals surface area contributed by atoms with Gasteiger partial charge >= 0.3 is 0 Å². The highest BCUT2D eigenvalue weighted by Crippen LogP contribution is 2.20. The molecular formula is C23H29BrFN3O4S. The lowest BCUT2D eigenvalue weighted by molar-refractivity contribution is -0.139. The third-order valence-corrected chi connectivity index (χ3v) is 6.88. The molecular weight excluding hydrogens is 513 g/mol. The van der Waals surface area contributed by atoms with Crippen molar-refractivity contribution >= 4 is 43.5 Å². The van der Waals surface area contributed by atoms with Crippen LogP contribution in [0.15, 0.2) is 53.0 Å². The molecule has 0 radical (unpaired) electrons. The molecule has 2 rings (SSSR count). The zero-order valence-electron chi connectivity index (χ0n) is 19.1. The van der Waals surface area contributed by atoms with Crippen molar-refractivity contribution in [3.8, 4) is 0 Å². The van der Waals surface area contributed by atoms with Crippen molar-refractivity contribution in [3.05, 3.63) is 64.4 Å². The lowest BCUT2D eigenvalue weighted by atomic mass is 10.1. The monoisotopic (exact) mass is 541 g/mol. The fraction of sp³-hybridized carbons (Fsp3) is 0.391. The van der Waals surface area contributed by atoms with Gasteiger partial charge in [-0.1, -0.05) is 41.1 Å². The maximum atomic E-state index is 13.7. The minimum atomic E-state index is -3.90. The highest BCUT2D eigenvalue weighted by atomic mass is 79.9. The van der Waals surface area contributed by atoms with E-state index in [1.54, 1.807) is 6.92 Å². The number of hydrogen-bond donors (Lipinski definition) is 1. The van der Waals surface area contributed by atoms with E-state index in [0.717, 1.165) is 33.1 Å². The van der Waals surface area contributed by atoms with E-state index in [4.69, 9.17) is 0 Å². The van der Waals surface area contributed by atoms with E-state index in [1.165, 1.54) is 23.1 Å². The average molecular weight is 542 g/mol. The Morgan fingerprint density at radius 3 is 2.30 bits per heavy atom. The van der Waals surface area contributed by atoms with Gasteiger partial charge in [-0.2, -0.15) is 0 Å². The topological polar surface area (TPSA) is 86.8 Å². The third kappa shape index (κ3) is 7.82. The minimum absolute atomic E-state index is 0.0335. The molecule has 0 aliphatic rings. The van der Waals surface area contributed by atoms with Crippen molar-refractivity contribution in [2.45, 2.75) is 45.8 Å². The van der Waals surface area contributed by atoms with Crippen LogP contribution in [0.4, 0.5) is 10.1 Å². The maximum absolute atomic E-state index is 13.7. The van der Waals surface area contributed by atoms with E-state index < -0.39 is 34.3 Å². The molecule has 0 aromatic heterocycles. The predicted octanol–water partition coefficient (Wildman–Crippen LogP) is 3.69. The lowest BCUT2D eigenvalue weighted by Gasteiger charge is -2.32. The van der Waals surface area contributed by atoms with E-state index >= 15 is 0 Å². The van der Waals surface area contributed by atoms with E-state index in [0.29, 0.717) is 0 Å². The van der Waals surface area contributed by atoms with Gasteiger partial charge in [-0.15, -0.1) is 0 Å². The van der Waals surface area contributed by atoms with Crippen molar-refractivity contribution in [3.63, 3.8) is 0 Å². The van der Waals surface area contributed by atoms with Crippen LogP contribution >= 0.6 is 15.9 Å². The molecule has 2 amide bonds. The Kier molecular flexibility index (Phi) is 9.42. The first-order valence-electron chi connectivity index (χ1n) is 10.5. The van der Waals surface area contributed by atoms with E-state index in [1.807, 2.05) is 38.1 Å². The van der Waals surface area contributed by atoms with Gasteiger partial charge < -0.3 is 10.2 Å². The van der Waals surface area contributed by atoms with Gasteiger partial charge in [-0.05, 0) is 56.2 Å². The van der Waals surface area contributed by atoms with Crippen LogP contribution in [0, 0.1) is 5.82 Å². The quantitative estimate of drug-likeness (QED) is 0.497. The number of sulfonamides is 1. The van der Waals surface area contributed by atoms with Crippen molar-refractivity contribution in [1.29, 1.82) is 0 Å². The SMILES string of the molecule is CC[C@@H](C)NC(=O)[C@@H](C)N(Cc1ccc(Br)cc1)C(=O)CN(c1cccc(F)c1)S(C)(=O)=O. The average Bonchev–Trinajstić information content (AvgIpc) is 2.75. The Hall–Kier alpha value is -2.46. The van der Waals surface area contributed by atoms with Crippen LogP contribution in [0.1, 0.15) is 32.8 Å². The largest absolute Gasteiger partial charge is 0.352 e. The maximum Gasteiger partial charge on any atom is 0.244 e. The Bertz CT molecular complexity index is 1080. The molecule has 0 heterocycles. The van der Waals surface area contributed by atoms with Crippen LogP contribution in [-0.2, 0) is 26.2 Å². The van der Waals surface area contributed by atoms with Crippen LogP contribution < -0.4 is 9.62 Å². The Labute approximate surface area is 203 Å². The van der Waals surface area contributed by atoms with Crippen molar-refractivity contribution in [1.82, 2.24) is 10.2 Å². The molecule has 2 atom stereocenters. The van der Waals surface area contributed by atoms with Crippen LogP contribution in [0.5, 0.6) is 0 Å². The Morgan fingerprint density at radius 1 is 1.12 bits per heavy atom. The summed E-state index contributed by atoms with van der Waals surface area (Å²) in [6.45, 7) is 4.92. The molecule has 7 nitrogen and oxygen atoms in total. The van der Waals surface area contributed by atoms with Crippen molar-refractivity contribution in [2.75, 3.05) is 17.1 Å². The van der Waals surface area contributed by atoms with Crippen molar-refractivity contribution < 1.29 is 22.4 Å². The first kappa shape index (κ1) is 26.8. The number of halogens is 2. The molecule has 0 aliphatic carbocycles. The van der Waals surface area contributed by atoms with E-state index in [9.17, 15) is 22.4 Å². The van der Waals surface area contributed by atoms with Crippen LogP contribution in [0.3, 0.4) is 0 Å². The molecule has 33 heavy (non-hydrogen) atoms. The van der Waals surface area contributed by atoms with Gasteiger partial charge in [0.15, 0.2) is 0 Å². The smallest absolute Gasteiger partial charge is 0.244 e. The zero-order valence-corrected chi connectivity index (χ0v) is 21.5. The standard InChI is InChI=1S/C23H29BrFN3O4S/c1-5-16(2)26-23(30)17(3)27(14-18-9-11-19(24)12-10-18)22(29)15-28(33(4,31)32)21-8-6-7-20(25)13-21/h6-13,16-17H,5,14-15H2,1-4H3,(H,26,30)/t16-,17-/m1/s1. The number of benzene rings is 2. The van der Waals surface area contributed by atoms with Gasteiger partial charge in [0.2, 0.25) is 21.8 Å². The van der Waals surface area contributed by atoms with Crippen LogP contribution in [-0.4, -0.2) is 50.0 Å². The molecule has 0 aliphatic heterocycles. The predicted molar refractivity (Wildman–Crippen MR) is 131 cm³/mol. The van der Waals surface area contributed by atoms with E-state index in [2.05, 4.69) is 21.2 Å². The molecule has 0 fully saturated rings. The normalized spacial score (nSPS) is 13.2. The number of rotatable bonds is 10. The second-order valence-corrected chi connectivity index (χ2v) is 10.7. The summed E-state index contributed by atoms with van der Waals surface area (Å²) < 4.78 is 40.3. The summed E-state index contributed by atoms with van der Waals surface area (Å²) in [5, 5.41) is 2.86. The summed E-state index contributed by atoms with van der Waals surface area (Å²) in [7, 11) is -3.90. The number of nitrogens with one attached hydrogen (secondary N) is 1. The molecule has 180 valence electrons. The third-order valence-electron chi connectivity index (χ3n) is 5.21. The van der Waals surface area contributed by atoms with Gasteiger partial charge in [0.1, 0.15) is 18.4 Å². The summed E-state index contributed by atoms with van der Waals surface area (Å²) in [5.41, 5.74) is 0.803. The fourth-order valence-electron chi connectivity index (χ4n) is 3.08. The van der Waals surface area contributed by atoms with Crippen LogP contribution in [0.2, 0.25) is 0 Å². The molecule has 0 unspecified atom stereocenters. The Balaban J connectivity index is 2.37. The molecule has 1 N–H and O–H groups in total. The second kappa shape index (κ2) is 11.6. The summed E-state index contributed by atoms with van der Waals surface area (Å²) in [5.74, 6) is -1.55. The fourth-order valence-corrected chi connectivity index (χ4v) is 4.19. The zero-order chi connectivity index (χ0) is 24.8. The number of carbonyl (C=O) groups excluding carboxylic acids is 2. The molecule has 2 aromatic rings. The molecule has 10 heteroatoms. The number of amides is 2. The molecule has 0 saturated carbocycles. The summed E-state index contributed by atoms with van der Waals surface area (Å²) in [6, 6.07) is 11.3. The second-order valence-electron chi connectivity index (χ2n) is 7.89.